The average Bonchev–Trinajstić information content (AvgIpc) is 2.74. The summed E-state index contributed by atoms with van der Waals surface area (Å²) in [7, 11) is 1.44. The number of hydrogen-bond donors (Lipinski definition) is 0. The van der Waals surface area contributed by atoms with Gasteiger partial charge >= 0.3 is 5.97 Å². The fourth-order valence-corrected chi connectivity index (χ4v) is 2.92. The zero-order chi connectivity index (χ0) is 11.0. The van der Waals surface area contributed by atoms with E-state index in [9.17, 15) is 4.79 Å². The highest BCUT2D eigenvalue weighted by Gasteiger charge is 2.51. The molecule has 4 nitrogen and oxygen atoms in total. The number of halogens is 1. The fourth-order valence-electron chi connectivity index (χ4n) is 2.49. The monoisotopic (exact) mass is 277 g/mol. The van der Waals surface area contributed by atoms with Crippen LogP contribution in [0.15, 0.2) is 0 Å². The predicted octanol–water partition coefficient (Wildman–Crippen LogP) is 1.34. The van der Waals surface area contributed by atoms with Gasteiger partial charge in [-0.15, -0.1) is 0 Å². The molecule has 2 heterocycles. The Hall–Kier alpha value is -0.130. The molecule has 0 N–H and O–H groups in total. The first-order valence-corrected chi connectivity index (χ1v) is 6.22. The lowest BCUT2D eigenvalue weighted by atomic mass is 9.92. The molecule has 0 unspecified atom stereocenters. The van der Waals surface area contributed by atoms with Crippen LogP contribution in [-0.2, 0) is 14.4 Å². The first-order chi connectivity index (χ1) is 7.15. The molecule has 86 valence electrons. The van der Waals surface area contributed by atoms with Crippen molar-refractivity contribution in [3.63, 3.8) is 0 Å². The van der Waals surface area contributed by atoms with Gasteiger partial charge in [0.25, 0.3) is 0 Å². The lowest BCUT2D eigenvalue weighted by Crippen LogP contribution is -2.36. The molecule has 0 amide bonds. The van der Waals surface area contributed by atoms with Crippen molar-refractivity contribution < 1.29 is 14.4 Å². The third kappa shape index (κ3) is 1.92. The Balaban J connectivity index is 2.17. The normalized spacial score (nSPS) is 37.7. The molecule has 0 aliphatic carbocycles. The van der Waals surface area contributed by atoms with Crippen molar-refractivity contribution in [2.45, 2.75) is 36.7 Å². The van der Waals surface area contributed by atoms with Crippen LogP contribution < -0.4 is 0 Å². The molecule has 0 aromatic heterocycles. The van der Waals surface area contributed by atoms with Gasteiger partial charge in [-0.25, -0.2) is 0 Å². The minimum Gasteiger partial charge on any atom is -0.469 e. The second-order valence-corrected chi connectivity index (χ2v) is 5.59. The molecule has 5 heteroatoms. The summed E-state index contributed by atoms with van der Waals surface area (Å²) in [6, 6.07) is 0.211. The van der Waals surface area contributed by atoms with Gasteiger partial charge in [0.1, 0.15) is 12.0 Å². The van der Waals surface area contributed by atoms with Gasteiger partial charge in [-0.1, -0.05) is 22.9 Å². The number of hydrogen-bond acceptors (Lipinski definition) is 4. The van der Waals surface area contributed by atoms with E-state index < -0.39 is 0 Å². The number of nitrogens with zero attached hydrogens (tertiary/aromatic N) is 1. The van der Waals surface area contributed by atoms with Crippen LogP contribution >= 0.6 is 15.9 Å². The van der Waals surface area contributed by atoms with E-state index in [1.165, 1.54) is 7.11 Å². The summed E-state index contributed by atoms with van der Waals surface area (Å²) in [5.74, 6) is -0.299. The lowest BCUT2D eigenvalue weighted by Gasteiger charge is -2.19. The Morgan fingerprint density at radius 2 is 2.40 bits per heavy atom. The van der Waals surface area contributed by atoms with Gasteiger partial charge in [-0.05, 0) is 12.8 Å². The zero-order valence-corrected chi connectivity index (χ0v) is 10.6. The summed E-state index contributed by atoms with van der Waals surface area (Å²) < 4.78 is 4.86. The van der Waals surface area contributed by atoms with Crippen molar-refractivity contribution in [2.24, 2.45) is 5.92 Å². The highest BCUT2D eigenvalue weighted by Crippen LogP contribution is 2.38. The summed E-state index contributed by atoms with van der Waals surface area (Å²) in [5, 5.41) is 1.95. The van der Waals surface area contributed by atoms with Crippen LogP contribution in [0.1, 0.15) is 19.8 Å². The quantitative estimate of drug-likeness (QED) is 0.564. The SMILES string of the molecule is COC(=O)[C@@H]1[C@@H]([C@H](C)Br)ON2CCC[C@H]12. The Labute approximate surface area is 98.0 Å². The number of carbonyl (C=O) groups is 1. The van der Waals surface area contributed by atoms with E-state index in [1.807, 2.05) is 12.0 Å². The molecular weight excluding hydrogens is 262 g/mol. The summed E-state index contributed by atoms with van der Waals surface area (Å²) >= 11 is 3.49. The van der Waals surface area contributed by atoms with Gasteiger partial charge < -0.3 is 4.74 Å². The second kappa shape index (κ2) is 4.39. The van der Waals surface area contributed by atoms with Crippen LogP contribution in [0.2, 0.25) is 0 Å². The van der Waals surface area contributed by atoms with Crippen LogP contribution in [0.25, 0.3) is 0 Å². The number of rotatable bonds is 2. The lowest BCUT2D eigenvalue weighted by molar-refractivity contribution is -0.153. The molecule has 0 bridgehead atoms. The molecule has 0 spiro atoms. The maximum atomic E-state index is 11.7. The summed E-state index contributed by atoms with van der Waals surface area (Å²) in [6.07, 6.45) is 2.03. The van der Waals surface area contributed by atoms with Gasteiger partial charge in [0.05, 0.1) is 13.2 Å². The van der Waals surface area contributed by atoms with Gasteiger partial charge in [-0.2, -0.15) is 5.06 Å². The van der Waals surface area contributed by atoms with Crippen LogP contribution in [0.4, 0.5) is 0 Å². The van der Waals surface area contributed by atoms with Crippen molar-refractivity contribution in [3.8, 4) is 0 Å². The van der Waals surface area contributed by atoms with Crippen LogP contribution in [0.5, 0.6) is 0 Å². The van der Waals surface area contributed by atoms with Gasteiger partial charge in [-0.3, -0.25) is 9.63 Å². The minimum absolute atomic E-state index is 0.0947. The van der Waals surface area contributed by atoms with Crippen molar-refractivity contribution >= 4 is 21.9 Å². The van der Waals surface area contributed by atoms with Gasteiger partial charge in [0, 0.05) is 11.4 Å². The molecule has 2 fully saturated rings. The molecule has 2 aliphatic heterocycles. The number of fused-ring (bicyclic) bond motifs is 1. The van der Waals surface area contributed by atoms with Crippen molar-refractivity contribution in [2.75, 3.05) is 13.7 Å². The van der Waals surface area contributed by atoms with Crippen LogP contribution in [-0.4, -0.2) is 41.7 Å². The second-order valence-electron chi connectivity index (χ2n) is 4.15. The Morgan fingerprint density at radius 3 is 3.00 bits per heavy atom. The third-order valence-corrected chi connectivity index (χ3v) is 3.72. The predicted molar refractivity (Wildman–Crippen MR) is 58.5 cm³/mol. The molecular formula is C10H16BrNO3. The van der Waals surface area contributed by atoms with Crippen molar-refractivity contribution in [3.05, 3.63) is 0 Å². The molecule has 0 aromatic rings. The minimum atomic E-state index is -0.152. The van der Waals surface area contributed by atoms with Crippen LogP contribution in [0.3, 0.4) is 0 Å². The Morgan fingerprint density at radius 1 is 1.67 bits per heavy atom. The maximum absolute atomic E-state index is 11.7. The summed E-state index contributed by atoms with van der Waals surface area (Å²) in [4.78, 5) is 17.6. The highest BCUT2D eigenvalue weighted by molar-refractivity contribution is 9.09. The van der Waals surface area contributed by atoms with Crippen molar-refractivity contribution in [1.29, 1.82) is 0 Å². The Kier molecular flexibility index (Phi) is 3.33. The van der Waals surface area contributed by atoms with E-state index in [2.05, 4.69) is 15.9 Å². The highest BCUT2D eigenvalue weighted by atomic mass is 79.9. The number of alkyl halides is 1. The molecule has 2 saturated heterocycles. The largest absolute Gasteiger partial charge is 0.469 e. The van der Waals surface area contributed by atoms with E-state index >= 15 is 0 Å². The number of carbonyl (C=O) groups excluding carboxylic acids is 1. The number of esters is 1. The number of hydroxylamine groups is 2. The first-order valence-electron chi connectivity index (χ1n) is 5.30. The number of methoxy groups -OCH3 is 1. The van der Waals surface area contributed by atoms with Crippen molar-refractivity contribution in [1.82, 2.24) is 5.06 Å². The smallest absolute Gasteiger partial charge is 0.313 e. The third-order valence-electron chi connectivity index (χ3n) is 3.20. The van der Waals surface area contributed by atoms with E-state index in [0.29, 0.717) is 0 Å². The van der Waals surface area contributed by atoms with Gasteiger partial charge in [0.15, 0.2) is 0 Å². The Bertz CT molecular complexity index is 259. The van der Waals surface area contributed by atoms with E-state index in [4.69, 9.17) is 9.57 Å². The van der Waals surface area contributed by atoms with E-state index in [-0.39, 0.29) is 28.9 Å². The average molecular weight is 278 g/mol. The molecule has 0 aromatic carbocycles. The molecule has 0 saturated carbocycles. The van der Waals surface area contributed by atoms with E-state index in [1.54, 1.807) is 0 Å². The van der Waals surface area contributed by atoms with Gasteiger partial charge in [0.2, 0.25) is 0 Å². The summed E-state index contributed by atoms with van der Waals surface area (Å²) in [6.45, 7) is 2.93. The fraction of sp³-hybridized carbons (Fsp3) is 0.900. The molecule has 15 heavy (non-hydrogen) atoms. The molecule has 0 radical (unpaired) electrons. The molecule has 4 atom stereocenters. The summed E-state index contributed by atoms with van der Waals surface area (Å²) in [5.41, 5.74) is 0. The van der Waals surface area contributed by atoms with Crippen LogP contribution in [0, 0.1) is 5.92 Å². The maximum Gasteiger partial charge on any atom is 0.313 e. The topological polar surface area (TPSA) is 38.8 Å². The molecule has 2 rings (SSSR count). The standard InChI is InChI=1S/C10H16BrNO3/c1-6(11)9-8(10(13)14-2)7-4-3-5-12(7)15-9/h6-9H,3-5H2,1-2H3/t6-,7+,8-,9+/m0/s1. The number of ether oxygens (including phenoxy) is 1. The first kappa shape index (κ1) is 11.4. The van der Waals surface area contributed by atoms with E-state index in [0.717, 1.165) is 19.4 Å². The molecule has 2 aliphatic rings. The zero-order valence-electron chi connectivity index (χ0n) is 8.98.